The maximum Gasteiger partial charge on any atom is 0.271 e. The Labute approximate surface area is 128 Å². The molecule has 0 saturated carbocycles. The molecule has 0 unspecified atom stereocenters. The number of nitrogens with zero attached hydrogens (tertiary/aromatic N) is 2. The highest BCUT2D eigenvalue weighted by molar-refractivity contribution is 6.31. The van der Waals surface area contributed by atoms with Gasteiger partial charge in [0, 0.05) is 16.8 Å². The van der Waals surface area contributed by atoms with Crippen LogP contribution >= 0.6 is 11.6 Å². The van der Waals surface area contributed by atoms with Gasteiger partial charge in [0.25, 0.3) is 5.91 Å². The first kappa shape index (κ1) is 15.3. The largest absolute Gasteiger partial charge is 0.348 e. The van der Waals surface area contributed by atoms with E-state index in [1.54, 1.807) is 12.1 Å². The van der Waals surface area contributed by atoms with Crippen LogP contribution in [0.3, 0.4) is 0 Å². The zero-order chi connectivity index (χ0) is 15.4. The summed E-state index contributed by atoms with van der Waals surface area (Å²) in [5.74, 6) is 0.324. The van der Waals surface area contributed by atoms with E-state index in [9.17, 15) is 4.79 Å². The Balaban J connectivity index is 2.12. The number of aromatic nitrogens is 2. The van der Waals surface area contributed by atoms with Crippen LogP contribution in [0.15, 0.2) is 30.3 Å². The van der Waals surface area contributed by atoms with Crippen molar-refractivity contribution in [1.29, 1.82) is 0 Å². The van der Waals surface area contributed by atoms with Crippen molar-refractivity contribution < 1.29 is 4.79 Å². The first-order chi connectivity index (χ1) is 9.97. The van der Waals surface area contributed by atoms with E-state index in [4.69, 9.17) is 11.6 Å². The van der Waals surface area contributed by atoms with Crippen molar-refractivity contribution in [3.05, 3.63) is 46.6 Å². The average molecular weight is 305 g/mol. The Hall–Kier alpha value is -2.14. The maximum atomic E-state index is 11.8. The van der Waals surface area contributed by atoms with Crippen molar-refractivity contribution in [3.8, 4) is 0 Å². The fourth-order valence-electron chi connectivity index (χ4n) is 1.74. The van der Waals surface area contributed by atoms with Gasteiger partial charge in [-0.15, -0.1) is 10.2 Å². The fraction of sp³-hybridized carbons (Fsp3) is 0.267. The zero-order valence-electron chi connectivity index (χ0n) is 12.1. The summed E-state index contributed by atoms with van der Waals surface area (Å²) in [5, 5.41) is 14.5. The van der Waals surface area contributed by atoms with E-state index in [1.807, 2.05) is 39.0 Å². The lowest BCUT2D eigenvalue weighted by molar-refractivity contribution is 0.0937. The summed E-state index contributed by atoms with van der Waals surface area (Å²) in [6.45, 7) is 5.70. The van der Waals surface area contributed by atoms with E-state index < -0.39 is 0 Å². The molecular weight excluding hydrogens is 288 g/mol. The van der Waals surface area contributed by atoms with E-state index in [0.29, 0.717) is 10.8 Å². The van der Waals surface area contributed by atoms with Crippen LogP contribution in [0.2, 0.25) is 5.02 Å². The van der Waals surface area contributed by atoms with E-state index >= 15 is 0 Å². The standard InChI is InChI=1S/C15H17ClN4O/c1-9(2)17-15(21)13-7-8-14(20-19-13)18-12-6-4-5-11(16)10(12)3/h4-9H,1-3H3,(H,17,21)(H,18,20). The first-order valence-electron chi connectivity index (χ1n) is 6.64. The topological polar surface area (TPSA) is 66.9 Å². The normalized spacial score (nSPS) is 10.5. The van der Waals surface area contributed by atoms with E-state index in [0.717, 1.165) is 11.3 Å². The maximum absolute atomic E-state index is 11.8. The van der Waals surface area contributed by atoms with Gasteiger partial charge < -0.3 is 10.6 Å². The Morgan fingerprint density at radius 2 is 1.95 bits per heavy atom. The molecule has 0 aliphatic carbocycles. The minimum Gasteiger partial charge on any atom is -0.348 e. The Bertz CT molecular complexity index is 641. The number of anilines is 2. The molecule has 1 aromatic heterocycles. The molecule has 1 heterocycles. The van der Waals surface area contributed by atoms with Gasteiger partial charge in [0.05, 0.1) is 0 Å². The van der Waals surface area contributed by atoms with E-state index in [-0.39, 0.29) is 17.6 Å². The molecule has 0 aliphatic rings. The minimum atomic E-state index is -0.233. The summed E-state index contributed by atoms with van der Waals surface area (Å²) in [4.78, 5) is 11.8. The molecule has 0 fully saturated rings. The molecular formula is C15H17ClN4O. The quantitative estimate of drug-likeness (QED) is 0.909. The molecule has 1 amide bonds. The van der Waals surface area contributed by atoms with Crippen molar-refractivity contribution in [1.82, 2.24) is 15.5 Å². The molecule has 2 rings (SSSR count). The van der Waals surface area contributed by atoms with Crippen molar-refractivity contribution >= 4 is 29.0 Å². The molecule has 2 aromatic rings. The van der Waals surface area contributed by atoms with E-state index in [1.165, 1.54) is 0 Å². The number of nitrogens with one attached hydrogen (secondary N) is 2. The molecule has 5 nitrogen and oxygen atoms in total. The van der Waals surface area contributed by atoms with Crippen molar-refractivity contribution in [2.24, 2.45) is 0 Å². The lowest BCUT2D eigenvalue weighted by atomic mass is 10.2. The van der Waals surface area contributed by atoms with Crippen LogP contribution in [-0.4, -0.2) is 22.1 Å². The van der Waals surface area contributed by atoms with E-state index in [2.05, 4.69) is 20.8 Å². The SMILES string of the molecule is Cc1c(Cl)cccc1Nc1ccc(C(=O)NC(C)C)nn1. The number of amides is 1. The third-order valence-corrected chi connectivity index (χ3v) is 3.26. The monoisotopic (exact) mass is 304 g/mol. The number of hydrogen-bond acceptors (Lipinski definition) is 4. The number of halogens is 1. The van der Waals surface area contributed by atoms with Gasteiger partial charge in [0.15, 0.2) is 11.5 Å². The third kappa shape index (κ3) is 3.92. The second-order valence-corrected chi connectivity index (χ2v) is 5.38. The van der Waals surface area contributed by atoms with Gasteiger partial charge in [0.1, 0.15) is 0 Å². The lowest BCUT2D eigenvalue weighted by Crippen LogP contribution is -2.30. The van der Waals surface area contributed by atoms with Crippen LogP contribution in [-0.2, 0) is 0 Å². The minimum absolute atomic E-state index is 0.0613. The first-order valence-corrected chi connectivity index (χ1v) is 7.02. The van der Waals surface area contributed by atoms with Crippen LogP contribution in [0.4, 0.5) is 11.5 Å². The number of benzene rings is 1. The number of hydrogen-bond donors (Lipinski definition) is 2. The molecule has 1 aromatic carbocycles. The predicted octanol–water partition coefficient (Wildman–Crippen LogP) is 3.32. The van der Waals surface area contributed by atoms with Gasteiger partial charge in [-0.05, 0) is 50.6 Å². The van der Waals surface area contributed by atoms with Crippen LogP contribution in [0.1, 0.15) is 29.9 Å². The Morgan fingerprint density at radius 3 is 2.57 bits per heavy atom. The average Bonchev–Trinajstić information content (AvgIpc) is 2.44. The highest BCUT2D eigenvalue weighted by Crippen LogP contribution is 2.25. The molecule has 0 bridgehead atoms. The molecule has 0 radical (unpaired) electrons. The second-order valence-electron chi connectivity index (χ2n) is 4.97. The van der Waals surface area contributed by atoms with Crippen molar-refractivity contribution in [3.63, 3.8) is 0 Å². The molecule has 2 N–H and O–H groups in total. The van der Waals surface area contributed by atoms with Gasteiger partial charge in [-0.3, -0.25) is 4.79 Å². The van der Waals surface area contributed by atoms with Gasteiger partial charge in [0.2, 0.25) is 0 Å². The summed E-state index contributed by atoms with van der Waals surface area (Å²) in [5.41, 5.74) is 2.08. The summed E-state index contributed by atoms with van der Waals surface area (Å²) >= 11 is 6.07. The van der Waals surface area contributed by atoms with Gasteiger partial charge in [-0.2, -0.15) is 0 Å². The number of rotatable bonds is 4. The highest BCUT2D eigenvalue weighted by atomic mass is 35.5. The lowest BCUT2D eigenvalue weighted by Gasteiger charge is -2.10. The molecule has 0 saturated heterocycles. The number of carbonyl (C=O) groups is 1. The van der Waals surface area contributed by atoms with Gasteiger partial charge in [-0.25, -0.2) is 0 Å². The summed E-state index contributed by atoms with van der Waals surface area (Å²) in [7, 11) is 0. The summed E-state index contributed by atoms with van der Waals surface area (Å²) in [6, 6.07) is 8.99. The molecule has 0 aliphatic heterocycles. The molecule has 6 heteroatoms. The molecule has 0 spiro atoms. The zero-order valence-corrected chi connectivity index (χ0v) is 12.9. The molecule has 110 valence electrons. The van der Waals surface area contributed by atoms with Crippen LogP contribution in [0, 0.1) is 6.92 Å². The summed E-state index contributed by atoms with van der Waals surface area (Å²) < 4.78 is 0. The van der Waals surface area contributed by atoms with Gasteiger partial charge in [-0.1, -0.05) is 17.7 Å². The highest BCUT2D eigenvalue weighted by Gasteiger charge is 2.09. The van der Waals surface area contributed by atoms with Crippen molar-refractivity contribution in [2.45, 2.75) is 26.8 Å². The van der Waals surface area contributed by atoms with Crippen LogP contribution in [0.25, 0.3) is 0 Å². The Morgan fingerprint density at radius 1 is 1.19 bits per heavy atom. The van der Waals surface area contributed by atoms with Crippen LogP contribution in [0.5, 0.6) is 0 Å². The van der Waals surface area contributed by atoms with Crippen molar-refractivity contribution in [2.75, 3.05) is 5.32 Å². The third-order valence-electron chi connectivity index (χ3n) is 2.85. The smallest absolute Gasteiger partial charge is 0.271 e. The summed E-state index contributed by atoms with van der Waals surface area (Å²) in [6.07, 6.45) is 0. The molecule has 0 atom stereocenters. The Kier molecular flexibility index (Phi) is 4.75. The van der Waals surface area contributed by atoms with Crippen LogP contribution < -0.4 is 10.6 Å². The number of carbonyl (C=O) groups excluding carboxylic acids is 1. The van der Waals surface area contributed by atoms with Gasteiger partial charge >= 0.3 is 0 Å². The second kappa shape index (κ2) is 6.54. The molecule has 21 heavy (non-hydrogen) atoms. The predicted molar refractivity (Wildman–Crippen MR) is 84.1 cm³/mol. The fourth-order valence-corrected chi connectivity index (χ4v) is 1.91.